The molecule has 3 amide bonds. The number of hydrogen-bond donors (Lipinski definition) is 5. The maximum absolute atomic E-state index is 12.5. The summed E-state index contributed by atoms with van der Waals surface area (Å²) in [6.07, 6.45) is 3.22. The molecule has 0 aromatic rings. The second-order valence-electron chi connectivity index (χ2n) is 7.43. The average Bonchev–Trinajstić information content (AvgIpc) is 3.12. The number of unbranched alkanes of at least 4 members (excludes halogenated alkanes) is 1. The van der Waals surface area contributed by atoms with E-state index in [1.807, 2.05) is 0 Å². The predicted molar refractivity (Wildman–Crippen MR) is 103 cm³/mol. The number of amides is 3. The van der Waals surface area contributed by atoms with Gasteiger partial charge in [-0.05, 0) is 38.1 Å². The summed E-state index contributed by atoms with van der Waals surface area (Å²) in [5, 5.41) is 14.0. The number of aliphatic carboxylic acids is 1. The molecule has 0 radical (unpaired) electrons. The molecule has 0 aromatic carbocycles. The van der Waals surface area contributed by atoms with Crippen molar-refractivity contribution in [3.05, 3.63) is 0 Å². The van der Waals surface area contributed by atoms with Crippen molar-refractivity contribution in [2.24, 2.45) is 17.4 Å². The first-order valence-electron chi connectivity index (χ1n) is 9.75. The SMILES string of the molecule is CC(C)[C@H](NC(=O)CNC(=O)[C@@H]1CCCN1C(=O)[C@@H](N)CCCCN)C(=O)O. The fourth-order valence-electron chi connectivity index (χ4n) is 3.17. The topological polar surface area (TPSA) is 168 Å². The number of nitrogens with zero attached hydrogens (tertiary/aromatic N) is 1. The number of carbonyl (C=O) groups is 4. The summed E-state index contributed by atoms with van der Waals surface area (Å²) in [4.78, 5) is 49.5. The van der Waals surface area contributed by atoms with Crippen LogP contribution in [0.2, 0.25) is 0 Å². The molecule has 0 spiro atoms. The molecule has 0 bridgehead atoms. The van der Waals surface area contributed by atoms with E-state index in [1.165, 1.54) is 4.90 Å². The van der Waals surface area contributed by atoms with Gasteiger partial charge in [0.25, 0.3) is 0 Å². The van der Waals surface area contributed by atoms with Crippen LogP contribution < -0.4 is 22.1 Å². The fraction of sp³-hybridized carbons (Fsp3) is 0.778. The second-order valence-corrected chi connectivity index (χ2v) is 7.43. The van der Waals surface area contributed by atoms with Gasteiger partial charge in [0, 0.05) is 6.54 Å². The molecule has 1 fully saturated rings. The van der Waals surface area contributed by atoms with Crippen molar-refractivity contribution >= 4 is 23.7 Å². The maximum Gasteiger partial charge on any atom is 0.326 e. The Hall–Kier alpha value is -2.20. The highest BCUT2D eigenvalue weighted by Gasteiger charge is 2.36. The molecule has 0 aliphatic carbocycles. The van der Waals surface area contributed by atoms with Gasteiger partial charge in [0.2, 0.25) is 17.7 Å². The van der Waals surface area contributed by atoms with Crippen LogP contribution >= 0.6 is 0 Å². The monoisotopic (exact) mass is 399 g/mol. The highest BCUT2D eigenvalue weighted by atomic mass is 16.4. The Morgan fingerprint density at radius 2 is 1.89 bits per heavy atom. The normalized spacial score (nSPS) is 18.6. The van der Waals surface area contributed by atoms with Crippen molar-refractivity contribution in [2.45, 2.75) is 64.1 Å². The van der Waals surface area contributed by atoms with Crippen molar-refractivity contribution in [2.75, 3.05) is 19.6 Å². The molecule has 10 heteroatoms. The Kier molecular flexibility index (Phi) is 9.88. The van der Waals surface area contributed by atoms with Gasteiger partial charge in [0.15, 0.2) is 0 Å². The van der Waals surface area contributed by atoms with Crippen LogP contribution in [0, 0.1) is 5.92 Å². The molecule has 1 rings (SSSR count). The van der Waals surface area contributed by atoms with E-state index in [4.69, 9.17) is 16.6 Å². The lowest BCUT2D eigenvalue weighted by atomic mass is 10.0. The maximum atomic E-state index is 12.5. The molecule has 0 saturated carbocycles. The number of carboxylic acid groups (broad SMARTS) is 1. The van der Waals surface area contributed by atoms with Crippen LogP contribution in [-0.4, -0.2) is 71.5 Å². The molecular weight excluding hydrogens is 366 g/mol. The van der Waals surface area contributed by atoms with Crippen molar-refractivity contribution in [3.8, 4) is 0 Å². The zero-order valence-electron chi connectivity index (χ0n) is 16.6. The zero-order chi connectivity index (χ0) is 21.3. The van der Waals surface area contributed by atoms with Gasteiger partial charge in [0.05, 0.1) is 12.6 Å². The van der Waals surface area contributed by atoms with Gasteiger partial charge < -0.3 is 32.1 Å². The Labute approximate surface area is 165 Å². The summed E-state index contributed by atoms with van der Waals surface area (Å²) in [6.45, 7) is 3.99. The van der Waals surface area contributed by atoms with Crippen LogP contribution in [0.3, 0.4) is 0 Å². The quantitative estimate of drug-likeness (QED) is 0.271. The summed E-state index contributed by atoms with van der Waals surface area (Å²) < 4.78 is 0. The fourth-order valence-corrected chi connectivity index (χ4v) is 3.17. The Balaban J connectivity index is 2.55. The first-order valence-corrected chi connectivity index (χ1v) is 9.75. The molecule has 1 aliphatic rings. The minimum absolute atomic E-state index is 0.273. The molecule has 0 aromatic heterocycles. The van der Waals surface area contributed by atoms with Crippen LogP contribution in [0.25, 0.3) is 0 Å². The molecule has 1 saturated heterocycles. The van der Waals surface area contributed by atoms with E-state index in [0.717, 1.165) is 12.8 Å². The summed E-state index contributed by atoms with van der Waals surface area (Å²) in [7, 11) is 0. The minimum atomic E-state index is -1.13. The summed E-state index contributed by atoms with van der Waals surface area (Å²) in [5.41, 5.74) is 11.4. The van der Waals surface area contributed by atoms with Gasteiger partial charge in [-0.3, -0.25) is 14.4 Å². The van der Waals surface area contributed by atoms with Crippen LogP contribution in [0.15, 0.2) is 0 Å². The van der Waals surface area contributed by atoms with Crippen LogP contribution in [0.1, 0.15) is 46.0 Å². The second kappa shape index (κ2) is 11.6. The average molecular weight is 399 g/mol. The van der Waals surface area contributed by atoms with Gasteiger partial charge in [-0.15, -0.1) is 0 Å². The predicted octanol–water partition coefficient (Wildman–Crippen LogP) is -1.22. The number of likely N-dealkylation sites (tertiary alicyclic amines) is 1. The van der Waals surface area contributed by atoms with E-state index in [1.54, 1.807) is 13.8 Å². The molecule has 160 valence electrons. The molecule has 10 nitrogen and oxygen atoms in total. The lowest BCUT2D eigenvalue weighted by molar-refractivity contribution is -0.143. The van der Waals surface area contributed by atoms with Crippen molar-refractivity contribution < 1.29 is 24.3 Å². The Morgan fingerprint density at radius 3 is 2.46 bits per heavy atom. The third-order valence-electron chi connectivity index (χ3n) is 4.80. The highest BCUT2D eigenvalue weighted by molar-refractivity contribution is 5.93. The first kappa shape index (κ1) is 23.8. The third-order valence-corrected chi connectivity index (χ3v) is 4.80. The number of hydrogen-bond acceptors (Lipinski definition) is 6. The number of nitrogens with one attached hydrogen (secondary N) is 2. The molecule has 1 aliphatic heterocycles. The van der Waals surface area contributed by atoms with Crippen LogP contribution in [0.5, 0.6) is 0 Å². The zero-order valence-corrected chi connectivity index (χ0v) is 16.6. The molecular formula is C18H33N5O5. The van der Waals surface area contributed by atoms with Crippen molar-refractivity contribution in [1.82, 2.24) is 15.5 Å². The van der Waals surface area contributed by atoms with E-state index in [-0.39, 0.29) is 18.4 Å². The number of rotatable bonds is 11. The van der Waals surface area contributed by atoms with Gasteiger partial charge in [-0.25, -0.2) is 4.79 Å². The first-order chi connectivity index (χ1) is 13.2. The molecule has 28 heavy (non-hydrogen) atoms. The molecule has 7 N–H and O–H groups in total. The van der Waals surface area contributed by atoms with Crippen molar-refractivity contribution in [3.63, 3.8) is 0 Å². The molecule has 0 unspecified atom stereocenters. The minimum Gasteiger partial charge on any atom is -0.480 e. The van der Waals surface area contributed by atoms with Crippen LogP contribution in [0.4, 0.5) is 0 Å². The van der Waals surface area contributed by atoms with Gasteiger partial charge in [-0.1, -0.05) is 20.3 Å². The standard InChI is InChI=1S/C18H33N5O5/c1-11(2)15(18(27)28)22-14(24)10-21-16(25)13-7-5-9-23(13)17(26)12(20)6-3-4-8-19/h11-13,15H,3-10,19-20H2,1-2H3,(H,21,25)(H,22,24)(H,27,28)/t12-,13-,15-/m0/s1. The third kappa shape index (κ3) is 7.08. The van der Waals surface area contributed by atoms with Crippen LogP contribution in [-0.2, 0) is 19.2 Å². The Bertz CT molecular complexity index is 569. The van der Waals surface area contributed by atoms with E-state index in [2.05, 4.69) is 10.6 Å². The van der Waals surface area contributed by atoms with E-state index < -0.39 is 35.9 Å². The highest BCUT2D eigenvalue weighted by Crippen LogP contribution is 2.19. The van der Waals surface area contributed by atoms with Gasteiger partial charge in [-0.2, -0.15) is 0 Å². The number of carboxylic acids is 1. The number of carbonyl (C=O) groups excluding carboxylic acids is 3. The summed E-state index contributed by atoms with van der Waals surface area (Å²) in [5.74, 6) is -2.73. The smallest absolute Gasteiger partial charge is 0.326 e. The van der Waals surface area contributed by atoms with E-state index in [0.29, 0.717) is 32.4 Å². The molecule has 1 heterocycles. The van der Waals surface area contributed by atoms with Gasteiger partial charge in [0.1, 0.15) is 12.1 Å². The van der Waals surface area contributed by atoms with Crippen molar-refractivity contribution in [1.29, 1.82) is 0 Å². The Morgan fingerprint density at radius 1 is 1.21 bits per heavy atom. The van der Waals surface area contributed by atoms with E-state index >= 15 is 0 Å². The molecule has 3 atom stereocenters. The lowest BCUT2D eigenvalue weighted by Crippen LogP contribution is -2.53. The van der Waals surface area contributed by atoms with Gasteiger partial charge >= 0.3 is 5.97 Å². The van der Waals surface area contributed by atoms with E-state index in [9.17, 15) is 19.2 Å². The lowest BCUT2D eigenvalue weighted by Gasteiger charge is -2.26. The largest absolute Gasteiger partial charge is 0.480 e. The summed E-state index contributed by atoms with van der Waals surface area (Å²) in [6, 6.07) is -2.37. The summed E-state index contributed by atoms with van der Waals surface area (Å²) >= 11 is 0. The number of nitrogens with two attached hydrogens (primary N) is 2.